The van der Waals surface area contributed by atoms with Gasteiger partial charge in [0, 0.05) is 25.7 Å². The van der Waals surface area contributed by atoms with Gasteiger partial charge in [-0.3, -0.25) is 0 Å². The fourth-order valence-corrected chi connectivity index (χ4v) is 3.85. The Labute approximate surface area is 166 Å². The molecule has 0 saturated heterocycles. The summed E-state index contributed by atoms with van der Waals surface area (Å²) in [6.45, 7) is 5.96. The molecule has 0 aliphatic carbocycles. The summed E-state index contributed by atoms with van der Waals surface area (Å²) in [6.07, 6.45) is 0. The van der Waals surface area contributed by atoms with Crippen molar-refractivity contribution in [3.8, 4) is 22.3 Å². The molecule has 3 aromatic carbocycles. The van der Waals surface area contributed by atoms with Crippen LogP contribution in [0.3, 0.4) is 0 Å². The summed E-state index contributed by atoms with van der Waals surface area (Å²) in [5, 5.41) is 4.31. The van der Waals surface area contributed by atoms with E-state index >= 15 is 0 Å². The third-order valence-corrected chi connectivity index (χ3v) is 4.92. The summed E-state index contributed by atoms with van der Waals surface area (Å²) < 4.78 is 0. The van der Waals surface area contributed by atoms with Gasteiger partial charge < -0.3 is 9.74 Å². The van der Waals surface area contributed by atoms with Crippen LogP contribution in [-0.4, -0.2) is 5.84 Å². The molecule has 131 valence electrons. The minimum absolute atomic E-state index is 0. The van der Waals surface area contributed by atoms with E-state index in [1.54, 1.807) is 6.73 Å². The molecule has 0 fully saturated rings. The van der Waals surface area contributed by atoms with Crippen molar-refractivity contribution in [3.05, 3.63) is 84.1 Å². The Hall–Kier alpha value is -2.42. The van der Waals surface area contributed by atoms with Crippen molar-refractivity contribution >= 4 is 11.5 Å². The van der Waals surface area contributed by atoms with Gasteiger partial charge in [0.25, 0.3) is 0 Å². The first kappa shape index (κ1) is 17.0. The zero-order chi connectivity index (χ0) is 17.0. The Balaban J connectivity index is 0.00000168. The van der Waals surface area contributed by atoms with Gasteiger partial charge in [-0.25, -0.2) is 0 Å². The Morgan fingerprint density at radius 3 is 2.38 bits per heavy atom. The zero-order valence-corrected chi connectivity index (χ0v) is 16.8. The van der Waals surface area contributed by atoms with Crippen LogP contribution in [0.25, 0.3) is 22.3 Å². The van der Waals surface area contributed by atoms with Gasteiger partial charge in [0.2, 0.25) is 0 Å². The second-order valence-corrected chi connectivity index (χ2v) is 6.42. The summed E-state index contributed by atoms with van der Waals surface area (Å²) in [5.41, 5.74) is 9.36. The van der Waals surface area contributed by atoms with Gasteiger partial charge in [-0.05, 0) is 42.8 Å². The first-order valence-corrected chi connectivity index (χ1v) is 8.33. The van der Waals surface area contributed by atoms with Crippen LogP contribution >= 0.6 is 0 Å². The van der Waals surface area contributed by atoms with E-state index in [0.717, 1.165) is 22.6 Å². The number of hydrogen-bond acceptors (Lipinski definition) is 3. The minimum atomic E-state index is 0. The number of oxime groups is 1. The topological polar surface area (TPSA) is 24.8 Å². The van der Waals surface area contributed by atoms with E-state index in [2.05, 4.69) is 67.5 Å². The van der Waals surface area contributed by atoms with Crippen LogP contribution < -0.4 is 4.90 Å². The second kappa shape index (κ2) is 6.39. The standard InChI is InChI=1S/C22H16N2O.Ir/c1-14-7-5-8-15(2)20(14)18-11-6-10-17-16-9-3-4-12-19(16)24-13-25-23-22(24)21(17)18;/h3-11,13H,1-2H3;/q-2;. The molecule has 1 radical (unpaired) electrons. The Morgan fingerprint density at radius 2 is 1.58 bits per heavy atom. The Kier molecular flexibility index (Phi) is 4.18. The van der Waals surface area contributed by atoms with Crippen LogP contribution in [0.1, 0.15) is 16.7 Å². The van der Waals surface area contributed by atoms with Crippen LogP contribution in [0.4, 0.5) is 5.69 Å². The quantitative estimate of drug-likeness (QED) is 0.422. The molecule has 2 aliphatic rings. The summed E-state index contributed by atoms with van der Waals surface area (Å²) in [5.74, 6) is 0.822. The van der Waals surface area contributed by atoms with Gasteiger partial charge in [0.05, 0.1) is 0 Å². The van der Waals surface area contributed by atoms with Gasteiger partial charge in [0.1, 0.15) is 5.84 Å². The first-order valence-electron chi connectivity index (χ1n) is 8.33. The van der Waals surface area contributed by atoms with Crippen molar-refractivity contribution in [3.63, 3.8) is 0 Å². The van der Waals surface area contributed by atoms with Crippen molar-refractivity contribution in [2.45, 2.75) is 13.8 Å². The Morgan fingerprint density at radius 1 is 0.885 bits per heavy atom. The molecule has 0 bridgehead atoms. The molecule has 0 spiro atoms. The maximum absolute atomic E-state index is 5.33. The van der Waals surface area contributed by atoms with Crippen molar-refractivity contribution in [1.29, 1.82) is 0 Å². The van der Waals surface area contributed by atoms with Crippen molar-refractivity contribution in [2.24, 2.45) is 5.16 Å². The molecule has 26 heavy (non-hydrogen) atoms. The normalized spacial score (nSPS) is 13.8. The minimum Gasteiger partial charge on any atom is -0.544 e. The van der Waals surface area contributed by atoms with Gasteiger partial charge >= 0.3 is 0 Å². The molecule has 0 atom stereocenters. The van der Waals surface area contributed by atoms with Crippen molar-refractivity contribution < 1.29 is 24.9 Å². The molecule has 3 nitrogen and oxygen atoms in total. The van der Waals surface area contributed by atoms with Gasteiger partial charge in [-0.1, -0.05) is 47.6 Å². The summed E-state index contributed by atoms with van der Waals surface area (Å²) >= 11 is 0. The summed E-state index contributed by atoms with van der Waals surface area (Å²) in [7, 11) is 0. The predicted molar refractivity (Wildman–Crippen MR) is 100 cm³/mol. The maximum Gasteiger partial charge on any atom is 0.148 e. The van der Waals surface area contributed by atoms with Crippen molar-refractivity contribution in [1.82, 2.24) is 0 Å². The average molecular weight is 517 g/mol. The van der Waals surface area contributed by atoms with E-state index in [1.165, 1.54) is 27.8 Å². The van der Waals surface area contributed by atoms with Crippen LogP contribution in [0.2, 0.25) is 0 Å². The number of anilines is 1. The maximum atomic E-state index is 5.33. The fourth-order valence-electron chi connectivity index (χ4n) is 3.85. The number of aryl methyl sites for hydroxylation is 2. The number of nitrogens with zero attached hydrogens (tertiary/aromatic N) is 2. The van der Waals surface area contributed by atoms with E-state index in [1.807, 2.05) is 17.0 Å². The average Bonchev–Trinajstić information content (AvgIpc) is 3.12. The van der Waals surface area contributed by atoms with E-state index in [4.69, 9.17) is 4.84 Å². The summed E-state index contributed by atoms with van der Waals surface area (Å²) in [4.78, 5) is 7.31. The van der Waals surface area contributed by atoms with E-state index in [0.29, 0.717) is 0 Å². The molecule has 0 saturated carbocycles. The smallest absolute Gasteiger partial charge is 0.148 e. The largest absolute Gasteiger partial charge is 0.544 e. The molecule has 5 rings (SSSR count). The number of hydrogen-bond donors (Lipinski definition) is 0. The predicted octanol–water partition coefficient (Wildman–Crippen LogP) is 5.07. The summed E-state index contributed by atoms with van der Waals surface area (Å²) in [6, 6.07) is 22.2. The van der Waals surface area contributed by atoms with Crippen LogP contribution in [0.15, 0.2) is 59.8 Å². The van der Waals surface area contributed by atoms with E-state index in [9.17, 15) is 0 Å². The van der Waals surface area contributed by atoms with Crippen molar-refractivity contribution in [2.75, 3.05) is 4.90 Å². The zero-order valence-electron chi connectivity index (χ0n) is 14.4. The van der Waals surface area contributed by atoms with Gasteiger partial charge in [0.15, 0.2) is 0 Å². The molecule has 3 aromatic rings. The molecule has 0 aromatic heterocycles. The monoisotopic (exact) mass is 517 g/mol. The number of fused-ring (bicyclic) bond motifs is 6. The molecule has 0 N–H and O–H groups in total. The van der Waals surface area contributed by atoms with E-state index in [-0.39, 0.29) is 20.1 Å². The third kappa shape index (κ3) is 2.33. The molecule has 0 unspecified atom stereocenters. The first-order chi connectivity index (χ1) is 12.3. The molecule has 2 heterocycles. The number of para-hydroxylation sites is 1. The van der Waals surface area contributed by atoms with Crippen LogP contribution in [-0.2, 0) is 24.9 Å². The third-order valence-electron chi connectivity index (χ3n) is 4.92. The number of benzene rings is 3. The van der Waals surface area contributed by atoms with Gasteiger partial charge in [-0.2, -0.15) is 24.3 Å². The van der Waals surface area contributed by atoms with E-state index < -0.39 is 0 Å². The second-order valence-electron chi connectivity index (χ2n) is 6.42. The molecular weight excluding hydrogens is 500 g/mol. The molecule has 2 aliphatic heterocycles. The number of amidine groups is 1. The van der Waals surface area contributed by atoms with Crippen LogP contribution in [0, 0.1) is 26.6 Å². The SMILES string of the molecule is Cc1cccc(C)c1-c1cccc2c1C1=NO[CH-]N1c1[c-]cccc1-2.[Ir]. The number of rotatable bonds is 1. The molecule has 0 amide bonds. The molecule has 4 heteroatoms. The molecular formula is C22H16IrN2O-2. The fraction of sp³-hybridized carbons (Fsp3) is 0.0909. The Bertz CT molecular complexity index is 1020. The van der Waals surface area contributed by atoms with Gasteiger partial charge in [-0.15, -0.1) is 10.7 Å². The van der Waals surface area contributed by atoms with Crippen LogP contribution in [0.5, 0.6) is 0 Å².